The van der Waals surface area contributed by atoms with Gasteiger partial charge in [0, 0.05) is 35.5 Å². The van der Waals surface area contributed by atoms with Gasteiger partial charge in [0.2, 0.25) is 0 Å². The number of hydrogen-bond donors (Lipinski definition) is 1. The topological polar surface area (TPSA) is 67.9 Å². The highest BCUT2D eigenvalue weighted by Crippen LogP contribution is 2.30. The summed E-state index contributed by atoms with van der Waals surface area (Å²) in [7, 11) is 1.60. The Labute approximate surface area is 185 Å². The van der Waals surface area contributed by atoms with Crippen LogP contribution >= 0.6 is 0 Å². The molecule has 0 fully saturated rings. The number of nitrogens with zero attached hydrogens (tertiary/aromatic N) is 1. The number of carbonyl (C=O) groups is 2. The normalized spacial score (nSPS) is 15.4. The third kappa shape index (κ3) is 4.56. The van der Waals surface area contributed by atoms with Gasteiger partial charge in [-0.3, -0.25) is 9.59 Å². The number of nitrogens with one attached hydrogen (secondary N) is 1. The Kier molecular flexibility index (Phi) is 6.07. The summed E-state index contributed by atoms with van der Waals surface area (Å²) < 4.78 is 24.4. The number of para-hydroxylation sites is 1. The van der Waals surface area contributed by atoms with E-state index in [1.165, 1.54) is 24.3 Å². The molecule has 0 radical (unpaired) electrons. The van der Waals surface area contributed by atoms with Crippen molar-refractivity contribution in [3.8, 4) is 11.5 Å². The minimum Gasteiger partial charge on any atom is -0.496 e. The Hall–Kier alpha value is -3.87. The van der Waals surface area contributed by atoms with Crippen molar-refractivity contribution in [2.75, 3.05) is 12.4 Å². The number of anilines is 1. The summed E-state index contributed by atoms with van der Waals surface area (Å²) in [5.41, 5.74) is 2.56. The highest BCUT2D eigenvalue weighted by atomic mass is 19.1. The van der Waals surface area contributed by atoms with Gasteiger partial charge in [-0.25, -0.2) is 4.39 Å². The van der Waals surface area contributed by atoms with Gasteiger partial charge in [0.15, 0.2) is 6.10 Å². The molecule has 3 aromatic rings. The predicted octanol–water partition coefficient (Wildman–Crippen LogP) is 4.40. The van der Waals surface area contributed by atoms with Gasteiger partial charge in [-0.2, -0.15) is 0 Å². The van der Waals surface area contributed by atoms with E-state index in [1.807, 2.05) is 24.3 Å². The van der Waals surface area contributed by atoms with Gasteiger partial charge in [-0.1, -0.05) is 18.2 Å². The smallest absolute Gasteiger partial charge is 0.263 e. The maximum atomic E-state index is 13.1. The molecule has 6 nitrogen and oxygen atoms in total. The lowest BCUT2D eigenvalue weighted by Gasteiger charge is -2.23. The molecule has 0 aromatic heterocycles. The molecule has 32 heavy (non-hydrogen) atoms. The minimum atomic E-state index is -0.648. The number of amides is 2. The molecule has 0 bridgehead atoms. The van der Waals surface area contributed by atoms with E-state index < -0.39 is 11.9 Å². The molecule has 0 saturated carbocycles. The second-order valence-corrected chi connectivity index (χ2v) is 7.55. The quantitative estimate of drug-likeness (QED) is 0.647. The van der Waals surface area contributed by atoms with E-state index in [2.05, 4.69) is 5.32 Å². The van der Waals surface area contributed by atoms with Crippen molar-refractivity contribution >= 4 is 17.5 Å². The van der Waals surface area contributed by atoms with Crippen molar-refractivity contribution < 1.29 is 23.5 Å². The molecule has 1 atom stereocenters. The third-order valence-corrected chi connectivity index (χ3v) is 5.30. The van der Waals surface area contributed by atoms with Crippen molar-refractivity contribution in [3.05, 3.63) is 89.2 Å². The average molecular weight is 434 g/mol. The number of carbonyl (C=O) groups excluding carboxylic acids is 2. The molecule has 0 saturated heterocycles. The first-order chi connectivity index (χ1) is 15.4. The molecule has 4 rings (SSSR count). The van der Waals surface area contributed by atoms with E-state index in [4.69, 9.17) is 9.47 Å². The zero-order valence-electron chi connectivity index (χ0n) is 17.8. The molecule has 0 unspecified atom stereocenters. The van der Waals surface area contributed by atoms with Gasteiger partial charge in [0.25, 0.3) is 11.8 Å². The molecule has 0 aliphatic carbocycles. The fourth-order valence-corrected chi connectivity index (χ4v) is 3.65. The van der Waals surface area contributed by atoms with Gasteiger partial charge in [0.05, 0.1) is 7.11 Å². The Bertz CT molecular complexity index is 1150. The highest BCUT2D eigenvalue weighted by molar-refractivity contribution is 6.04. The number of halogens is 1. The molecule has 1 aliphatic rings. The zero-order valence-corrected chi connectivity index (χ0v) is 17.8. The third-order valence-electron chi connectivity index (χ3n) is 5.30. The number of hydrogen-bond acceptors (Lipinski definition) is 4. The predicted molar refractivity (Wildman–Crippen MR) is 118 cm³/mol. The maximum Gasteiger partial charge on any atom is 0.263 e. The van der Waals surface area contributed by atoms with E-state index >= 15 is 0 Å². The van der Waals surface area contributed by atoms with Crippen LogP contribution in [0.1, 0.15) is 28.4 Å². The number of benzene rings is 3. The molecule has 1 heterocycles. The first kappa shape index (κ1) is 21.4. The first-order valence-electron chi connectivity index (χ1n) is 10.2. The van der Waals surface area contributed by atoms with Crippen LogP contribution in [-0.4, -0.2) is 29.9 Å². The van der Waals surface area contributed by atoms with E-state index in [-0.39, 0.29) is 11.8 Å². The first-order valence-corrected chi connectivity index (χ1v) is 10.2. The van der Waals surface area contributed by atoms with Crippen LogP contribution in [0, 0.1) is 5.82 Å². The lowest BCUT2D eigenvalue weighted by atomic mass is 10.1. The standard InChI is InChI=1S/C25H23FN2O4/c1-16-25(30)28(14-18-5-3-4-6-22(18)31-2)15-19-13-21(11-12-23(19)32-16)27-24(29)17-7-9-20(26)10-8-17/h3-13,16H,14-15H2,1-2H3,(H,27,29)/t16-/m1/s1. The Morgan fingerprint density at radius 1 is 1.16 bits per heavy atom. The summed E-state index contributed by atoms with van der Waals surface area (Å²) in [6.07, 6.45) is -0.648. The Balaban J connectivity index is 1.57. The summed E-state index contributed by atoms with van der Waals surface area (Å²) in [5, 5.41) is 2.81. The van der Waals surface area contributed by atoms with Crippen LogP contribution in [-0.2, 0) is 17.9 Å². The number of fused-ring (bicyclic) bond motifs is 1. The van der Waals surface area contributed by atoms with Gasteiger partial charge in [-0.05, 0) is 55.5 Å². The van der Waals surface area contributed by atoms with Gasteiger partial charge in [-0.15, -0.1) is 0 Å². The van der Waals surface area contributed by atoms with Crippen molar-refractivity contribution in [1.82, 2.24) is 4.90 Å². The second kappa shape index (κ2) is 9.09. The van der Waals surface area contributed by atoms with Crippen LogP contribution in [0.15, 0.2) is 66.7 Å². The summed E-state index contributed by atoms with van der Waals surface area (Å²) >= 11 is 0. The van der Waals surface area contributed by atoms with Crippen LogP contribution in [0.3, 0.4) is 0 Å². The van der Waals surface area contributed by atoms with E-state index in [0.717, 1.165) is 11.1 Å². The van der Waals surface area contributed by atoms with Crippen molar-refractivity contribution in [2.45, 2.75) is 26.1 Å². The van der Waals surface area contributed by atoms with Gasteiger partial charge >= 0.3 is 0 Å². The monoisotopic (exact) mass is 434 g/mol. The van der Waals surface area contributed by atoms with E-state index in [0.29, 0.717) is 35.8 Å². The number of methoxy groups -OCH3 is 1. The number of ether oxygens (including phenoxy) is 2. The lowest BCUT2D eigenvalue weighted by Crippen LogP contribution is -2.37. The number of rotatable bonds is 5. The summed E-state index contributed by atoms with van der Waals surface area (Å²) in [4.78, 5) is 27.2. The molecule has 164 valence electrons. The van der Waals surface area contributed by atoms with Crippen LogP contribution in [0.25, 0.3) is 0 Å². The second-order valence-electron chi connectivity index (χ2n) is 7.55. The summed E-state index contributed by atoms with van der Waals surface area (Å²) in [6, 6.07) is 18.1. The molecule has 3 aromatic carbocycles. The molecule has 1 N–H and O–H groups in total. The molecule has 0 spiro atoms. The fourth-order valence-electron chi connectivity index (χ4n) is 3.65. The highest BCUT2D eigenvalue weighted by Gasteiger charge is 2.28. The van der Waals surface area contributed by atoms with Crippen molar-refractivity contribution in [2.24, 2.45) is 0 Å². The van der Waals surface area contributed by atoms with Crippen molar-refractivity contribution in [3.63, 3.8) is 0 Å². The van der Waals surface area contributed by atoms with E-state index in [9.17, 15) is 14.0 Å². The Morgan fingerprint density at radius 3 is 2.66 bits per heavy atom. The molecule has 7 heteroatoms. The van der Waals surface area contributed by atoms with Gasteiger partial charge < -0.3 is 19.7 Å². The lowest BCUT2D eigenvalue weighted by molar-refractivity contribution is -0.138. The maximum absolute atomic E-state index is 13.1. The zero-order chi connectivity index (χ0) is 22.7. The molecule has 2 amide bonds. The summed E-state index contributed by atoms with van der Waals surface area (Å²) in [6.45, 7) is 2.40. The van der Waals surface area contributed by atoms with Crippen LogP contribution in [0.5, 0.6) is 11.5 Å². The van der Waals surface area contributed by atoms with Crippen LogP contribution < -0.4 is 14.8 Å². The Morgan fingerprint density at radius 2 is 1.91 bits per heavy atom. The van der Waals surface area contributed by atoms with Crippen molar-refractivity contribution in [1.29, 1.82) is 0 Å². The average Bonchev–Trinajstić information content (AvgIpc) is 2.91. The van der Waals surface area contributed by atoms with Gasteiger partial charge in [0.1, 0.15) is 17.3 Å². The van der Waals surface area contributed by atoms with Crippen LogP contribution in [0.4, 0.5) is 10.1 Å². The largest absolute Gasteiger partial charge is 0.496 e. The summed E-state index contributed by atoms with van der Waals surface area (Å²) in [5.74, 6) is 0.406. The molecular weight excluding hydrogens is 411 g/mol. The molecule has 1 aliphatic heterocycles. The fraction of sp³-hybridized carbons (Fsp3) is 0.200. The SMILES string of the molecule is COc1ccccc1CN1Cc2cc(NC(=O)c3ccc(F)cc3)ccc2O[C@H](C)C1=O. The van der Waals surface area contributed by atoms with E-state index in [1.54, 1.807) is 37.1 Å². The molecular formula is C25H23FN2O4. The van der Waals surface area contributed by atoms with Crippen LogP contribution in [0.2, 0.25) is 0 Å². The minimum absolute atomic E-state index is 0.135.